The first kappa shape index (κ1) is 14.8. The van der Waals surface area contributed by atoms with E-state index in [9.17, 15) is 9.59 Å². The van der Waals surface area contributed by atoms with Gasteiger partial charge in [0.25, 0.3) is 11.5 Å². The summed E-state index contributed by atoms with van der Waals surface area (Å²) in [6, 6.07) is 7.22. The van der Waals surface area contributed by atoms with Crippen molar-refractivity contribution in [2.24, 2.45) is 5.92 Å². The number of nitrogens with zero attached hydrogens (tertiary/aromatic N) is 2. The zero-order valence-electron chi connectivity index (χ0n) is 13.2. The summed E-state index contributed by atoms with van der Waals surface area (Å²) in [5.41, 5.74) is 0.175. The maximum atomic E-state index is 12.6. The molecule has 1 amide bonds. The number of carbonyl (C=O) groups is 1. The van der Waals surface area contributed by atoms with Crippen molar-refractivity contribution in [2.75, 3.05) is 0 Å². The fourth-order valence-corrected chi connectivity index (χ4v) is 2.71. The highest BCUT2D eigenvalue weighted by Crippen LogP contribution is 2.32. The van der Waals surface area contributed by atoms with Crippen LogP contribution < -0.4 is 10.9 Å². The largest absolute Gasteiger partial charge is 0.348 e. The molecule has 0 spiro atoms. The van der Waals surface area contributed by atoms with Gasteiger partial charge < -0.3 is 5.32 Å². The predicted molar refractivity (Wildman–Crippen MR) is 86.0 cm³/mol. The van der Waals surface area contributed by atoms with E-state index >= 15 is 0 Å². The molecule has 1 fully saturated rings. The van der Waals surface area contributed by atoms with Gasteiger partial charge in [-0.25, -0.2) is 4.68 Å². The number of nitrogens with one attached hydrogen (secondary N) is 1. The van der Waals surface area contributed by atoms with E-state index in [4.69, 9.17) is 0 Å². The molecule has 1 aliphatic rings. The number of hydrogen-bond donors (Lipinski definition) is 1. The van der Waals surface area contributed by atoms with Crippen LogP contribution in [0.2, 0.25) is 0 Å². The summed E-state index contributed by atoms with van der Waals surface area (Å²) in [7, 11) is 0. The molecule has 1 unspecified atom stereocenters. The quantitative estimate of drug-likeness (QED) is 0.943. The molecule has 5 nitrogen and oxygen atoms in total. The minimum atomic E-state index is -0.204. The van der Waals surface area contributed by atoms with E-state index in [1.54, 1.807) is 12.1 Å². The number of amides is 1. The van der Waals surface area contributed by atoms with E-state index in [-0.39, 0.29) is 23.6 Å². The minimum absolute atomic E-state index is 0.0930. The number of aromatic nitrogens is 2. The molecule has 1 atom stereocenters. The highest BCUT2D eigenvalue weighted by atomic mass is 16.2. The van der Waals surface area contributed by atoms with Gasteiger partial charge in [-0.2, -0.15) is 5.10 Å². The van der Waals surface area contributed by atoms with Gasteiger partial charge in [0.1, 0.15) is 0 Å². The Bertz CT molecular complexity index is 775. The lowest BCUT2D eigenvalue weighted by atomic mass is 10.1. The smallest absolute Gasteiger partial charge is 0.274 e. The number of hydrogen-bond acceptors (Lipinski definition) is 3. The molecule has 0 saturated heterocycles. The molecule has 0 aliphatic heterocycles. The van der Waals surface area contributed by atoms with Crippen LogP contribution in [0.15, 0.2) is 29.1 Å². The fourth-order valence-electron chi connectivity index (χ4n) is 2.71. The van der Waals surface area contributed by atoms with E-state index < -0.39 is 0 Å². The fraction of sp³-hybridized carbons (Fsp3) is 0.471. The second-order valence-corrected chi connectivity index (χ2v) is 6.34. The summed E-state index contributed by atoms with van der Waals surface area (Å²) in [6.45, 7) is 5.80. The molecular formula is C17H21N3O2. The average molecular weight is 299 g/mol. The van der Waals surface area contributed by atoms with Crippen molar-refractivity contribution in [3.63, 3.8) is 0 Å². The van der Waals surface area contributed by atoms with Crippen molar-refractivity contribution >= 4 is 16.7 Å². The third kappa shape index (κ3) is 2.63. The third-order valence-corrected chi connectivity index (χ3v) is 4.22. The second-order valence-electron chi connectivity index (χ2n) is 6.34. The monoisotopic (exact) mass is 299 g/mol. The van der Waals surface area contributed by atoms with Crippen molar-refractivity contribution in [1.29, 1.82) is 0 Å². The SMILES string of the molecule is CC(NC(=O)c1nn(C(C)C)c(=O)c2ccccc12)C1CC1. The van der Waals surface area contributed by atoms with Crippen molar-refractivity contribution in [2.45, 2.75) is 45.7 Å². The Morgan fingerprint density at radius 2 is 1.86 bits per heavy atom. The molecule has 2 aromatic rings. The van der Waals surface area contributed by atoms with Crippen molar-refractivity contribution in [1.82, 2.24) is 15.1 Å². The molecule has 3 rings (SSSR count). The Kier molecular flexibility index (Phi) is 3.72. The Morgan fingerprint density at radius 3 is 2.45 bits per heavy atom. The van der Waals surface area contributed by atoms with Gasteiger partial charge in [0, 0.05) is 11.4 Å². The van der Waals surface area contributed by atoms with Crippen LogP contribution in [0.4, 0.5) is 0 Å². The number of fused-ring (bicyclic) bond motifs is 1. The molecular weight excluding hydrogens is 278 g/mol. The summed E-state index contributed by atoms with van der Waals surface area (Å²) in [6.07, 6.45) is 2.34. The molecule has 1 heterocycles. The predicted octanol–water partition coefficient (Wildman–Crippen LogP) is 2.51. The normalized spacial score (nSPS) is 16.0. The van der Waals surface area contributed by atoms with E-state index in [1.165, 1.54) is 17.5 Å². The number of rotatable bonds is 4. The highest BCUT2D eigenvalue weighted by molar-refractivity contribution is 6.04. The Labute approximate surface area is 129 Å². The molecule has 22 heavy (non-hydrogen) atoms. The van der Waals surface area contributed by atoms with Gasteiger partial charge in [-0.15, -0.1) is 0 Å². The number of carbonyl (C=O) groups excluding carboxylic acids is 1. The summed E-state index contributed by atoms with van der Waals surface area (Å²) in [5, 5.41) is 8.50. The maximum Gasteiger partial charge on any atom is 0.274 e. The average Bonchev–Trinajstić information content (AvgIpc) is 3.32. The van der Waals surface area contributed by atoms with E-state index in [0.717, 1.165) is 0 Å². The van der Waals surface area contributed by atoms with Crippen molar-refractivity contribution in [3.8, 4) is 0 Å². The topological polar surface area (TPSA) is 64.0 Å². The Morgan fingerprint density at radius 1 is 1.23 bits per heavy atom. The molecule has 0 radical (unpaired) electrons. The summed E-state index contributed by atoms with van der Waals surface area (Å²) in [5.74, 6) is 0.371. The molecule has 1 saturated carbocycles. The van der Waals surface area contributed by atoms with Gasteiger partial charge in [-0.3, -0.25) is 9.59 Å². The molecule has 1 aromatic heterocycles. The number of benzene rings is 1. The van der Waals surface area contributed by atoms with Gasteiger partial charge in [0.2, 0.25) is 0 Å². The lowest BCUT2D eigenvalue weighted by molar-refractivity contribution is 0.0930. The molecule has 5 heteroatoms. The Hall–Kier alpha value is -2.17. The van der Waals surface area contributed by atoms with E-state index in [1.807, 2.05) is 32.9 Å². The van der Waals surface area contributed by atoms with Gasteiger partial charge in [-0.05, 0) is 45.6 Å². The molecule has 1 aromatic carbocycles. The lowest BCUT2D eigenvalue weighted by Gasteiger charge is -2.16. The van der Waals surface area contributed by atoms with Crippen LogP contribution in [0.25, 0.3) is 10.8 Å². The zero-order chi connectivity index (χ0) is 15.9. The summed E-state index contributed by atoms with van der Waals surface area (Å²) >= 11 is 0. The summed E-state index contributed by atoms with van der Waals surface area (Å²) < 4.78 is 1.39. The highest BCUT2D eigenvalue weighted by Gasteiger charge is 2.30. The van der Waals surface area contributed by atoms with Crippen LogP contribution >= 0.6 is 0 Å². The van der Waals surface area contributed by atoms with Crippen molar-refractivity contribution < 1.29 is 4.79 Å². The van der Waals surface area contributed by atoms with Crippen LogP contribution in [0.3, 0.4) is 0 Å². The molecule has 0 bridgehead atoms. The Balaban J connectivity index is 2.09. The molecule has 1 aliphatic carbocycles. The maximum absolute atomic E-state index is 12.6. The van der Waals surface area contributed by atoms with Crippen molar-refractivity contribution in [3.05, 3.63) is 40.3 Å². The first-order valence-electron chi connectivity index (χ1n) is 7.81. The summed E-state index contributed by atoms with van der Waals surface area (Å²) in [4.78, 5) is 25.1. The first-order chi connectivity index (χ1) is 10.5. The van der Waals surface area contributed by atoms with Gasteiger partial charge in [0.05, 0.1) is 11.4 Å². The van der Waals surface area contributed by atoms with E-state index in [2.05, 4.69) is 10.4 Å². The first-order valence-corrected chi connectivity index (χ1v) is 7.81. The van der Waals surface area contributed by atoms with Crippen LogP contribution in [0.1, 0.15) is 50.1 Å². The van der Waals surface area contributed by atoms with Crippen LogP contribution in [0, 0.1) is 5.92 Å². The standard InChI is InChI=1S/C17H21N3O2/c1-10(2)20-17(22)14-7-5-4-6-13(14)15(19-20)16(21)18-11(3)12-8-9-12/h4-7,10-12H,8-9H2,1-3H3,(H,18,21). The van der Waals surface area contributed by atoms with Gasteiger partial charge in [-0.1, -0.05) is 18.2 Å². The zero-order valence-corrected chi connectivity index (χ0v) is 13.2. The van der Waals surface area contributed by atoms with Crippen LogP contribution in [-0.4, -0.2) is 21.7 Å². The third-order valence-electron chi connectivity index (χ3n) is 4.22. The second kappa shape index (κ2) is 5.55. The lowest BCUT2D eigenvalue weighted by Crippen LogP contribution is -2.36. The van der Waals surface area contributed by atoms with Gasteiger partial charge >= 0.3 is 0 Å². The van der Waals surface area contributed by atoms with Crippen LogP contribution in [-0.2, 0) is 0 Å². The minimum Gasteiger partial charge on any atom is -0.348 e. The molecule has 1 N–H and O–H groups in total. The van der Waals surface area contributed by atoms with Crippen LogP contribution in [0.5, 0.6) is 0 Å². The van der Waals surface area contributed by atoms with Gasteiger partial charge in [0.15, 0.2) is 5.69 Å². The van der Waals surface area contributed by atoms with E-state index in [0.29, 0.717) is 22.4 Å². The molecule has 116 valence electrons.